The average Bonchev–Trinajstić information content (AvgIpc) is 2.17. The highest BCUT2D eigenvalue weighted by Gasteiger charge is 2.18. The van der Waals surface area contributed by atoms with Crippen LogP contribution in [0.2, 0.25) is 0 Å². The molecule has 4 nitrogen and oxygen atoms in total. The Morgan fingerprint density at radius 2 is 2.36 bits per heavy atom. The Morgan fingerprint density at radius 1 is 1.57 bits per heavy atom. The van der Waals surface area contributed by atoms with Gasteiger partial charge in [0.2, 0.25) is 0 Å². The molecule has 80 valence electrons. The first-order valence-corrected chi connectivity index (χ1v) is 5.01. The molecule has 0 bridgehead atoms. The highest BCUT2D eigenvalue weighted by Crippen LogP contribution is 2.11. The normalized spacial score (nSPS) is 29.9. The number of alkyl carbamates (subject to hydrolysis) is 1. The summed E-state index contributed by atoms with van der Waals surface area (Å²) in [4.78, 5) is 11.0. The van der Waals surface area contributed by atoms with Gasteiger partial charge in [-0.2, -0.15) is 0 Å². The first-order chi connectivity index (χ1) is 6.74. The smallest absolute Gasteiger partial charge is 0.407 e. The zero-order valence-corrected chi connectivity index (χ0v) is 8.53. The number of ether oxygens (including phenoxy) is 1. The zero-order valence-electron chi connectivity index (χ0n) is 8.53. The summed E-state index contributed by atoms with van der Waals surface area (Å²) in [5, 5.41) is 2.75. The minimum absolute atomic E-state index is 0.000926. The van der Waals surface area contributed by atoms with Crippen LogP contribution in [0.15, 0.2) is 12.2 Å². The molecule has 1 rings (SSSR count). The molecule has 14 heavy (non-hydrogen) atoms. The number of rotatable bonds is 1. The summed E-state index contributed by atoms with van der Waals surface area (Å²) in [5.41, 5.74) is 5.89. The zero-order chi connectivity index (χ0) is 10.4. The van der Waals surface area contributed by atoms with E-state index >= 15 is 0 Å². The average molecular weight is 198 g/mol. The van der Waals surface area contributed by atoms with Gasteiger partial charge in [-0.3, -0.25) is 0 Å². The summed E-state index contributed by atoms with van der Waals surface area (Å²) < 4.78 is 4.54. The van der Waals surface area contributed by atoms with Crippen LogP contribution in [0.25, 0.3) is 0 Å². The number of methoxy groups -OCH3 is 1. The fraction of sp³-hybridized carbons (Fsp3) is 0.700. The van der Waals surface area contributed by atoms with Crippen LogP contribution >= 0.6 is 0 Å². The standard InChI is InChI=1S/C10H18N2O2/c1-14-10(13)12-9-7-5-3-2-4-6-8(9)11/h4,6,8-9H,2-3,5,7,11H2,1H3,(H,12,13)/b6-4+/t8-,9?/m0/s1. The van der Waals surface area contributed by atoms with Crippen LogP contribution in [-0.2, 0) is 4.74 Å². The van der Waals surface area contributed by atoms with Crippen LogP contribution in [0.3, 0.4) is 0 Å². The minimum Gasteiger partial charge on any atom is -0.453 e. The van der Waals surface area contributed by atoms with Gasteiger partial charge in [0, 0.05) is 6.04 Å². The van der Waals surface area contributed by atoms with Crippen LogP contribution in [0.5, 0.6) is 0 Å². The van der Waals surface area contributed by atoms with Crippen LogP contribution < -0.4 is 11.1 Å². The number of carbonyl (C=O) groups is 1. The Kier molecular flexibility index (Phi) is 4.46. The highest BCUT2D eigenvalue weighted by atomic mass is 16.5. The molecule has 1 aliphatic rings. The molecule has 0 aliphatic heterocycles. The molecule has 1 aliphatic carbocycles. The van der Waals surface area contributed by atoms with Crippen LogP contribution in [0.1, 0.15) is 25.7 Å². The van der Waals surface area contributed by atoms with Gasteiger partial charge in [-0.25, -0.2) is 4.79 Å². The van der Waals surface area contributed by atoms with E-state index in [1.807, 2.05) is 6.08 Å². The molecule has 0 heterocycles. The lowest BCUT2D eigenvalue weighted by Crippen LogP contribution is -2.46. The topological polar surface area (TPSA) is 64.3 Å². The maximum atomic E-state index is 11.0. The Morgan fingerprint density at radius 3 is 3.07 bits per heavy atom. The quantitative estimate of drug-likeness (QED) is 0.621. The Labute approximate surface area is 84.5 Å². The van der Waals surface area contributed by atoms with Gasteiger partial charge in [0.1, 0.15) is 0 Å². The predicted octanol–water partition coefficient (Wildman–Crippen LogP) is 1.17. The minimum atomic E-state index is -0.403. The molecule has 0 spiro atoms. The third kappa shape index (κ3) is 3.38. The van der Waals surface area contributed by atoms with Crippen molar-refractivity contribution >= 4 is 6.09 Å². The molecule has 1 amide bonds. The van der Waals surface area contributed by atoms with Gasteiger partial charge in [0.25, 0.3) is 0 Å². The molecule has 0 aromatic heterocycles. The molecule has 2 atom stereocenters. The fourth-order valence-electron chi connectivity index (χ4n) is 1.59. The molecule has 1 unspecified atom stereocenters. The second-order valence-electron chi connectivity index (χ2n) is 3.53. The fourth-order valence-corrected chi connectivity index (χ4v) is 1.59. The van der Waals surface area contributed by atoms with E-state index in [2.05, 4.69) is 16.1 Å². The largest absolute Gasteiger partial charge is 0.453 e. The molecule has 0 aromatic carbocycles. The number of hydrogen-bond acceptors (Lipinski definition) is 3. The van der Waals surface area contributed by atoms with E-state index in [1.165, 1.54) is 7.11 Å². The lowest BCUT2D eigenvalue weighted by molar-refractivity contribution is 0.164. The number of carbonyl (C=O) groups excluding carboxylic acids is 1. The van der Waals surface area contributed by atoms with Crippen LogP contribution in [0, 0.1) is 0 Å². The Bertz CT molecular complexity index is 216. The molecule has 0 saturated heterocycles. The van der Waals surface area contributed by atoms with Gasteiger partial charge in [-0.15, -0.1) is 0 Å². The molecule has 0 radical (unpaired) electrons. The summed E-state index contributed by atoms with van der Waals surface area (Å²) in [6, 6.07) is -0.103. The van der Waals surface area contributed by atoms with Gasteiger partial charge in [0.05, 0.1) is 13.2 Å². The molecule has 0 aromatic rings. The van der Waals surface area contributed by atoms with Crippen molar-refractivity contribution in [2.45, 2.75) is 37.8 Å². The monoisotopic (exact) mass is 198 g/mol. The van der Waals surface area contributed by atoms with Crippen molar-refractivity contribution in [3.8, 4) is 0 Å². The second-order valence-corrected chi connectivity index (χ2v) is 3.53. The molecule has 0 fully saturated rings. The van der Waals surface area contributed by atoms with Gasteiger partial charge < -0.3 is 15.8 Å². The molecular weight excluding hydrogens is 180 g/mol. The number of nitrogens with one attached hydrogen (secondary N) is 1. The van der Waals surface area contributed by atoms with Crippen molar-refractivity contribution in [1.82, 2.24) is 5.32 Å². The van der Waals surface area contributed by atoms with Crippen molar-refractivity contribution < 1.29 is 9.53 Å². The SMILES string of the molecule is COC(=O)NC1CCCC/C=C/[C@@H]1N. The molecule has 4 heteroatoms. The summed E-state index contributed by atoms with van der Waals surface area (Å²) in [7, 11) is 1.36. The van der Waals surface area contributed by atoms with Gasteiger partial charge in [-0.1, -0.05) is 18.6 Å². The molecule has 3 N–H and O–H groups in total. The van der Waals surface area contributed by atoms with Crippen LogP contribution in [-0.4, -0.2) is 25.3 Å². The van der Waals surface area contributed by atoms with Gasteiger partial charge >= 0.3 is 6.09 Å². The number of nitrogens with two attached hydrogens (primary N) is 1. The number of amides is 1. The third-order valence-electron chi connectivity index (χ3n) is 2.45. The Hall–Kier alpha value is -1.03. The van der Waals surface area contributed by atoms with Crippen molar-refractivity contribution in [3.63, 3.8) is 0 Å². The maximum Gasteiger partial charge on any atom is 0.407 e. The third-order valence-corrected chi connectivity index (χ3v) is 2.45. The van der Waals surface area contributed by atoms with Gasteiger partial charge in [0.15, 0.2) is 0 Å². The molecular formula is C10H18N2O2. The van der Waals surface area contributed by atoms with Crippen molar-refractivity contribution in [2.24, 2.45) is 5.73 Å². The lowest BCUT2D eigenvalue weighted by Gasteiger charge is -2.23. The molecule has 0 saturated carbocycles. The van der Waals surface area contributed by atoms with Crippen molar-refractivity contribution in [1.29, 1.82) is 0 Å². The Balaban J connectivity index is 2.50. The summed E-state index contributed by atoms with van der Waals surface area (Å²) >= 11 is 0. The van der Waals surface area contributed by atoms with E-state index in [4.69, 9.17) is 5.73 Å². The van der Waals surface area contributed by atoms with E-state index in [-0.39, 0.29) is 12.1 Å². The van der Waals surface area contributed by atoms with Crippen LogP contribution in [0.4, 0.5) is 4.79 Å². The van der Waals surface area contributed by atoms with E-state index in [0.717, 1.165) is 25.7 Å². The predicted molar refractivity (Wildman–Crippen MR) is 54.9 cm³/mol. The van der Waals surface area contributed by atoms with Crippen molar-refractivity contribution in [3.05, 3.63) is 12.2 Å². The van der Waals surface area contributed by atoms with E-state index in [9.17, 15) is 4.79 Å². The summed E-state index contributed by atoms with van der Waals surface area (Å²) in [6.45, 7) is 0. The van der Waals surface area contributed by atoms with Gasteiger partial charge in [-0.05, 0) is 19.3 Å². The van der Waals surface area contributed by atoms with E-state index in [1.54, 1.807) is 0 Å². The van der Waals surface area contributed by atoms with Crippen molar-refractivity contribution in [2.75, 3.05) is 7.11 Å². The lowest BCUT2D eigenvalue weighted by atomic mass is 9.98. The summed E-state index contributed by atoms with van der Waals surface area (Å²) in [6.07, 6.45) is 7.88. The second kappa shape index (κ2) is 5.65. The van der Waals surface area contributed by atoms with E-state index in [0.29, 0.717) is 0 Å². The highest BCUT2D eigenvalue weighted by molar-refractivity contribution is 5.67. The first kappa shape index (κ1) is 11.0. The first-order valence-electron chi connectivity index (χ1n) is 5.01. The van der Waals surface area contributed by atoms with E-state index < -0.39 is 6.09 Å². The summed E-state index contributed by atoms with van der Waals surface area (Å²) in [5.74, 6) is 0. The number of allylic oxidation sites excluding steroid dienone is 1. The number of hydrogen-bond donors (Lipinski definition) is 2. The maximum absolute atomic E-state index is 11.0.